The van der Waals surface area contributed by atoms with Crippen molar-refractivity contribution in [3.63, 3.8) is 0 Å². The number of hydrogen-bond acceptors (Lipinski definition) is 4. The summed E-state index contributed by atoms with van der Waals surface area (Å²) in [6.45, 7) is 1.37. The first-order valence-corrected chi connectivity index (χ1v) is 7.57. The number of likely N-dealkylation sites (N-methyl/N-ethyl adjacent to an activating group) is 1. The first-order valence-electron chi connectivity index (χ1n) is 6.77. The zero-order valence-corrected chi connectivity index (χ0v) is 13.5. The molecule has 0 saturated carbocycles. The van der Waals surface area contributed by atoms with Gasteiger partial charge in [0.05, 0.1) is 6.61 Å². The Labute approximate surface area is 133 Å². The lowest BCUT2D eigenvalue weighted by atomic mass is 9.97. The molecule has 0 spiro atoms. The summed E-state index contributed by atoms with van der Waals surface area (Å²) in [4.78, 5) is 6.07. The molecule has 0 aliphatic carbocycles. The Bertz CT molecular complexity index is 578. The summed E-state index contributed by atoms with van der Waals surface area (Å²) < 4.78 is 0.969. The van der Waals surface area contributed by atoms with E-state index in [1.54, 1.807) is 12.4 Å². The van der Waals surface area contributed by atoms with Crippen molar-refractivity contribution in [1.29, 1.82) is 0 Å². The molecule has 0 saturated heterocycles. The van der Waals surface area contributed by atoms with Gasteiger partial charge in [0.1, 0.15) is 6.10 Å². The number of pyridine rings is 1. The number of nitrogens with zero attached hydrogens (tertiary/aromatic N) is 2. The van der Waals surface area contributed by atoms with Crippen LogP contribution in [0.3, 0.4) is 0 Å². The molecule has 4 nitrogen and oxygen atoms in total. The fraction of sp³-hybridized carbons (Fsp3) is 0.312. The van der Waals surface area contributed by atoms with Crippen molar-refractivity contribution in [2.45, 2.75) is 12.6 Å². The zero-order valence-electron chi connectivity index (χ0n) is 11.9. The zero-order chi connectivity index (χ0) is 15.2. The van der Waals surface area contributed by atoms with E-state index in [4.69, 9.17) is 5.11 Å². The molecule has 0 aliphatic rings. The highest BCUT2D eigenvalue weighted by Crippen LogP contribution is 2.27. The number of aromatic nitrogens is 1. The molecule has 5 heteroatoms. The van der Waals surface area contributed by atoms with Gasteiger partial charge in [0, 0.05) is 35.5 Å². The number of rotatable bonds is 6. The maximum atomic E-state index is 10.6. The number of halogens is 1. The van der Waals surface area contributed by atoms with Crippen molar-refractivity contribution < 1.29 is 10.2 Å². The van der Waals surface area contributed by atoms with Crippen molar-refractivity contribution in [3.05, 3.63) is 63.9 Å². The Hall–Kier alpha value is -1.27. The molecule has 1 aromatic heterocycles. The van der Waals surface area contributed by atoms with Gasteiger partial charge in [-0.2, -0.15) is 0 Å². The highest BCUT2D eigenvalue weighted by Gasteiger charge is 2.16. The van der Waals surface area contributed by atoms with Crippen LogP contribution >= 0.6 is 15.9 Å². The largest absolute Gasteiger partial charge is 0.395 e. The second kappa shape index (κ2) is 7.66. The van der Waals surface area contributed by atoms with Crippen LogP contribution < -0.4 is 0 Å². The third-order valence-corrected chi connectivity index (χ3v) is 3.81. The molecule has 112 valence electrons. The molecule has 0 bridgehead atoms. The van der Waals surface area contributed by atoms with Crippen molar-refractivity contribution in [3.8, 4) is 0 Å². The molecule has 0 amide bonds. The van der Waals surface area contributed by atoms with Crippen LogP contribution in [0.5, 0.6) is 0 Å². The Morgan fingerprint density at radius 2 is 2.14 bits per heavy atom. The van der Waals surface area contributed by atoms with Crippen LogP contribution in [0.2, 0.25) is 0 Å². The second-order valence-corrected chi connectivity index (χ2v) is 5.91. The lowest BCUT2D eigenvalue weighted by Gasteiger charge is -2.21. The molecular weight excluding hydrogens is 332 g/mol. The van der Waals surface area contributed by atoms with E-state index in [-0.39, 0.29) is 6.61 Å². The number of aliphatic hydroxyl groups is 2. The van der Waals surface area contributed by atoms with Crippen LogP contribution in [-0.2, 0) is 6.54 Å². The van der Waals surface area contributed by atoms with Crippen LogP contribution in [0.15, 0.2) is 47.2 Å². The van der Waals surface area contributed by atoms with E-state index < -0.39 is 6.10 Å². The van der Waals surface area contributed by atoms with E-state index in [0.717, 1.165) is 21.2 Å². The summed E-state index contributed by atoms with van der Waals surface area (Å²) >= 11 is 3.47. The molecule has 0 radical (unpaired) electrons. The highest BCUT2D eigenvalue weighted by atomic mass is 79.9. The Balaban J connectivity index is 2.30. The third kappa shape index (κ3) is 4.35. The van der Waals surface area contributed by atoms with Gasteiger partial charge in [-0.05, 0) is 36.4 Å². The van der Waals surface area contributed by atoms with Gasteiger partial charge in [-0.15, -0.1) is 0 Å². The average Bonchev–Trinajstić information content (AvgIpc) is 2.48. The quantitative estimate of drug-likeness (QED) is 0.839. The maximum Gasteiger partial charge on any atom is 0.106 e. The molecule has 2 N–H and O–H groups in total. The van der Waals surface area contributed by atoms with Crippen molar-refractivity contribution in [2.75, 3.05) is 20.2 Å². The van der Waals surface area contributed by atoms with E-state index in [1.807, 2.05) is 42.3 Å². The van der Waals surface area contributed by atoms with Gasteiger partial charge in [0.25, 0.3) is 0 Å². The predicted octanol–water partition coefficient (Wildman–Crippen LogP) is 2.35. The molecular formula is C16H19BrN2O2. The Morgan fingerprint density at radius 3 is 2.81 bits per heavy atom. The molecule has 1 aromatic carbocycles. The molecule has 21 heavy (non-hydrogen) atoms. The van der Waals surface area contributed by atoms with Crippen LogP contribution in [0.25, 0.3) is 0 Å². The Morgan fingerprint density at radius 1 is 1.33 bits per heavy atom. The summed E-state index contributed by atoms with van der Waals surface area (Å²) in [5.74, 6) is 0. The summed E-state index contributed by atoms with van der Waals surface area (Å²) in [6.07, 6.45) is 2.66. The molecule has 0 fully saturated rings. The predicted molar refractivity (Wildman–Crippen MR) is 85.9 cm³/mol. The smallest absolute Gasteiger partial charge is 0.106 e. The first-order chi connectivity index (χ1) is 10.1. The number of hydrogen-bond donors (Lipinski definition) is 2. The van der Waals surface area contributed by atoms with Crippen molar-refractivity contribution in [1.82, 2.24) is 9.88 Å². The van der Waals surface area contributed by atoms with Gasteiger partial charge >= 0.3 is 0 Å². The minimum Gasteiger partial charge on any atom is -0.395 e. The SMILES string of the molecule is CN(CCO)Cc1cc(Br)ccc1C(O)c1cccnc1. The molecule has 1 heterocycles. The van der Waals surface area contributed by atoms with E-state index in [0.29, 0.717) is 13.1 Å². The van der Waals surface area contributed by atoms with Crippen LogP contribution in [0.4, 0.5) is 0 Å². The highest BCUT2D eigenvalue weighted by molar-refractivity contribution is 9.10. The van der Waals surface area contributed by atoms with Crippen molar-refractivity contribution in [2.24, 2.45) is 0 Å². The fourth-order valence-corrected chi connectivity index (χ4v) is 2.64. The van der Waals surface area contributed by atoms with E-state index in [2.05, 4.69) is 20.9 Å². The standard InChI is InChI=1S/C16H19BrN2O2/c1-19(7-8-20)11-13-9-14(17)4-5-15(13)16(21)12-3-2-6-18-10-12/h2-6,9-10,16,20-21H,7-8,11H2,1H3. The molecule has 1 atom stereocenters. The maximum absolute atomic E-state index is 10.6. The molecule has 2 rings (SSSR count). The van der Waals surface area contributed by atoms with Gasteiger partial charge in [-0.1, -0.05) is 28.1 Å². The number of benzene rings is 1. The third-order valence-electron chi connectivity index (χ3n) is 3.32. The van der Waals surface area contributed by atoms with Gasteiger partial charge in [0.15, 0.2) is 0 Å². The summed E-state index contributed by atoms with van der Waals surface area (Å²) in [7, 11) is 1.94. The number of aliphatic hydroxyl groups excluding tert-OH is 2. The minimum atomic E-state index is -0.704. The van der Waals surface area contributed by atoms with Crippen LogP contribution in [0.1, 0.15) is 22.8 Å². The molecule has 0 aliphatic heterocycles. The van der Waals surface area contributed by atoms with Gasteiger partial charge in [-0.3, -0.25) is 9.88 Å². The van der Waals surface area contributed by atoms with E-state index >= 15 is 0 Å². The summed E-state index contributed by atoms with van der Waals surface area (Å²) in [5, 5.41) is 19.6. The Kier molecular flexibility index (Phi) is 5.87. The lowest BCUT2D eigenvalue weighted by Crippen LogP contribution is -2.22. The molecule has 2 aromatic rings. The van der Waals surface area contributed by atoms with Crippen LogP contribution in [0, 0.1) is 0 Å². The van der Waals surface area contributed by atoms with E-state index in [1.165, 1.54) is 0 Å². The first kappa shape index (κ1) is 16.1. The lowest BCUT2D eigenvalue weighted by molar-refractivity contribution is 0.206. The van der Waals surface area contributed by atoms with E-state index in [9.17, 15) is 5.11 Å². The average molecular weight is 351 g/mol. The monoisotopic (exact) mass is 350 g/mol. The molecule has 1 unspecified atom stereocenters. The van der Waals surface area contributed by atoms with Gasteiger partial charge in [0.2, 0.25) is 0 Å². The second-order valence-electron chi connectivity index (χ2n) is 4.99. The van der Waals surface area contributed by atoms with Gasteiger partial charge in [-0.25, -0.2) is 0 Å². The normalized spacial score (nSPS) is 12.6. The topological polar surface area (TPSA) is 56.6 Å². The minimum absolute atomic E-state index is 0.116. The van der Waals surface area contributed by atoms with Gasteiger partial charge < -0.3 is 10.2 Å². The summed E-state index contributed by atoms with van der Waals surface area (Å²) in [6, 6.07) is 9.52. The van der Waals surface area contributed by atoms with Crippen molar-refractivity contribution >= 4 is 15.9 Å². The summed E-state index contributed by atoms with van der Waals surface area (Å²) in [5.41, 5.74) is 2.65. The van der Waals surface area contributed by atoms with Crippen LogP contribution in [-0.4, -0.2) is 40.3 Å². The fourth-order valence-electron chi connectivity index (χ4n) is 2.24.